The minimum Gasteiger partial charge on any atom is -0.387 e. The van der Waals surface area contributed by atoms with Gasteiger partial charge in [0, 0.05) is 18.6 Å². The first-order valence-corrected chi connectivity index (χ1v) is 8.96. The molecule has 3 nitrogen and oxygen atoms in total. The Hall–Kier alpha value is -0.420. The van der Waals surface area contributed by atoms with Gasteiger partial charge >= 0.3 is 0 Å². The summed E-state index contributed by atoms with van der Waals surface area (Å²) >= 11 is 1.65. The van der Waals surface area contributed by atoms with E-state index in [2.05, 4.69) is 10.6 Å². The van der Waals surface area contributed by atoms with Crippen LogP contribution in [0.2, 0.25) is 0 Å². The minimum absolute atomic E-state index is 0.359. The van der Waals surface area contributed by atoms with Crippen molar-refractivity contribution in [1.29, 1.82) is 0 Å². The molecule has 1 saturated carbocycles. The zero-order chi connectivity index (χ0) is 13.8. The Balaban J connectivity index is 1.51. The molecule has 2 fully saturated rings. The summed E-state index contributed by atoms with van der Waals surface area (Å²) in [4.78, 5) is 0. The number of rotatable bonds is 5. The molecule has 1 aliphatic heterocycles. The van der Waals surface area contributed by atoms with Crippen LogP contribution in [0.25, 0.3) is 0 Å². The molecule has 3 rings (SSSR count). The van der Waals surface area contributed by atoms with Crippen molar-refractivity contribution >= 4 is 11.3 Å². The van der Waals surface area contributed by atoms with Gasteiger partial charge in [-0.25, -0.2) is 0 Å². The molecule has 20 heavy (non-hydrogen) atoms. The van der Waals surface area contributed by atoms with Gasteiger partial charge in [0.25, 0.3) is 0 Å². The van der Waals surface area contributed by atoms with E-state index in [1.54, 1.807) is 11.3 Å². The summed E-state index contributed by atoms with van der Waals surface area (Å²) in [6.07, 6.45) is 7.60. The fourth-order valence-electron chi connectivity index (χ4n) is 3.81. The summed E-state index contributed by atoms with van der Waals surface area (Å²) in [6, 6.07) is 3.30. The van der Waals surface area contributed by atoms with Gasteiger partial charge in [-0.05, 0) is 60.5 Å². The van der Waals surface area contributed by atoms with Gasteiger partial charge in [0.15, 0.2) is 0 Å². The highest BCUT2D eigenvalue weighted by atomic mass is 32.1. The number of aliphatic hydroxyl groups excluding tert-OH is 1. The molecule has 0 bridgehead atoms. The largest absolute Gasteiger partial charge is 0.387 e. The van der Waals surface area contributed by atoms with Gasteiger partial charge in [0.05, 0.1) is 6.10 Å². The van der Waals surface area contributed by atoms with Gasteiger partial charge in [-0.3, -0.25) is 0 Å². The third-order valence-corrected chi connectivity index (χ3v) is 5.64. The second-order valence-electron chi connectivity index (χ2n) is 6.24. The average Bonchev–Trinajstić information content (AvgIpc) is 3.17. The highest BCUT2D eigenvalue weighted by molar-refractivity contribution is 7.07. The number of aliphatic hydroxyl groups is 1. The number of hydrogen-bond acceptors (Lipinski definition) is 4. The molecule has 3 N–H and O–H groups in total. The first kappa shape index (κ1) is 14.5. The third-order valence-electron chi connectivity index (χ3n) is 4.94. The molecule has 0 radical (unpaired) electrons. The van der Waals surface area contributed by atoms with Crippen molar-refractivity contribution in [1.82, 2.24) is 10.6 Å². The van der Waals surface area contributed by atoms with Crippen molar-refractivity contribution in [2.24, 2.45) is 5.92 Å². The number of piperidine rings is 1. The first-order valence-electron chi connectivity index (χ1n) is 8.01. The van der Waals surface area contributed by atoms with E-state index >= 15 is 0 Å². The third kappa shape index (κ3) is 3.42. The van der Waals surface area contributed by atoms with Gasteiger partial charge in [-0.15, -0.1) is 0 Å². The normalized spacial score (nSPS) is 32.4. The summed E-state index contributed by atoms with van der Waals surface area (Å²) in [5, 5.41) is 21.6. The minimum atomic E-state index is -0.359. The van der Waals surface area contributed by atoms with E-state index in [1.807, 2.05) is 16.8 Å². The Morgan fingerprint density at radius 2 is 2.25 bits per heavy atom. The van der Waals surface area contributed by atoms with Gasteiger partial charge in [-0.1, -0.05) is 12.8 Å². The Labute approximate surface area is 125 Å². The molecule has 4 atom stereocenters. The summed E-state index contributed by atoms with van der Waals surface area (Å²) < 4.78 is 0. The van der Waals surface area contributed by atoms with E-state index in [0.717, 1.165) is 11.5 Å². The highest BCUT2D eigenvalue weighted by Crippen LogP contribution is 2.32. The Morgan fingerprint density at radius 1 is 1.30 bits per heavy atom. The van der Waals surface area contributed by atoms with Crippen LogP contribution in [0.3, 0.4) is 0 Å². The predicted octanol–water partition coefficient (Wildman–Crippen LogP) is 2.68. The molecule has 2 aliphatic rings. The zero-order valence-corrected chi connectivity index (χ0v) is 12.9. The van der Waals surface area contributed by atoms with Crippen molar-refractivity contribution in [3.63, 3.8) is 0 Å². The molecule has 2 heterocycles. The molecular weight excluding hydrogens is 268 g/mol. The molecule has 4 unspecified atom stereocenters. The van der Waals surface area contributed by atoms with Crippen molar-refractivity contribution in [3.05, 3.63) is 22.4 Å². The van der Waals surface area contributed by atoms with E-state index in [1.165, 1.54) is 45.1 Å². The van der Waals surface area contributed by atoms with Crippen molar-refractivity contribution in [3.8, 4) is 0 Å². The summed E-state index contributed by atoms with van der Waals surface area (Å²) in [5.41, 5.74) is 1.05. The van der Waals surface area contributed by atoms with Crippen LogP contribution in [0.1, 0.15) is 50.2 Å². The molecule has 1 aromatic rings. The van der Waals surface area contributed by atoms with Crippen LogP contribution < -0.4 is 10.6 Å². The van der Waals surface area contributed by atoms with E-state index in [0.29, 0.717) is 18.6 Å². The maximum atomic E-state index is 10.2. The van der Waals surface area contributed by atoms with Crippen LogP contribution in [-0.2, 0) is 0 Å². The smallest absolute Gasteiger partial charge is 0.0922 e. The summed E-state index contributed by atoms with van der Waals surface area (Å²) in [5.74, 6) is 0.755. The highest BCUT2D eigenvalue weighted by Gasteiger charge is 2.34. The number of nitrogens with one attached hydrogen (secondary N) is 2. The Morgan fingerprint density at radius 3 is 3.00 bits per heavy atom. The van der Waals surface area contributed by atoms with Gasteiger partial charge < -0.3 is 15.7 Å². The van der Waals surface area contributed by atoms with E-state index in [-0.39, 0.29) is 6.10 Å². The lowest BCUT2D eigenvalue weighted by Crippen LogP contribution is -2.47. The van der Waals surface area contributed by atoms with E-state index in [4.69, 9.17) is 0 Å². The molecule has 0 aromatic carbocycles. The zero-order valence-electron chi connectivity index (χ0n) is 12.1. The van der Waals surface area contributed by atoms with Crippen molar-refractivity contribution < 1.29 is 5.11 Å². The second kappa shape index (κ2) is 7.03. The lowest BCUT2D eigenvalue weighted by atomic mass is 9.88. The predicted molar refractivity (Wildman–Crippen MR) is 84.1 cm³/mol. The quantitative estimate of drug-likeness (QED) is 0.782. The fourth-order valence-corrected chi connectivity index (χ4v) is 4.52. The molecule has 4 heteroatoms. The van der Waals surface area contributed by atoms with Gasteiger partial charge in [0.1, 0.15) is 0 Å². The lowest BCUT2D eigenvalue weighted by Gasteiger charge is -2.33. The molecule has 1 aromatic heterocycles. The fraction of sp³-hybridized carbons (Fsp3) is 0.750. The van der Waals surface area contributed by atoms with Crippen LogP contribution >= 0.6 is 11.3 Å². The molecule has 112 valence electrons. The molecule has 1 saturated heterocycles. The summed E-state index contributed by atoms with van der Waals surface area (Å²) in [6.45, 7) is 1.87. The van der Waals surface area contributed by atoms with Crippen LogP contribution in [0, 0.1) is 5.92 Å². The van der Waals surface area contributed by atoms with Crippen LogP contribution in [0.5, 0.6) is 0 Å². The Kier molecular flexibility index (Phi) is 5.10. The summed E-state index contributed by atoms with van der Waals surface area (Å²) in [7, 11) is 0. The molecule has 1 aliphatic carbocycles. The molecule has 0 amide bonds. The maximum Gasteiger partial charge on any atom is 0.0922 e. The number of hydrogen-bond donors (Lipinski definition) is 3. The maximum absolute atomic E-state index is 10.2. The first-order chi connectivity index (χ1) is 9.84. The molecular formula is C16H26N2OS. The topological polar surface area (TPSA) is 44.3 Å². The lowest BCUT2D eigenvalue weighted by molar-refractivity contribution is 0.161. The van der Waals surface area contributed by atoms with Gasteiger partial charge in [-0.2, -0.15) is 11.3 Å². The van der Waals surface area contributed by atoms with Crippen LogP contribution in [0.4, 0.5) is 0 Å². The standard InChI is InChI=1S/C16H26N2OS/c19-16(12-7-9-20-11-12)10-18-15-6-3-4-13(15)14-5-1-2-8-17-14/h7,9,11,13-19H,1-6,8,10H2. The SMILES string of the molecule is OC(CNC1CCCC1C1CCCCN1)c1ccsc1. The van der Waals surface area contributed by atoms with Crippen molar-refractivity contribution in [2.45, 2.75) is 56.7 Å². The van der Waals surface area contributed by atoms with E-state index in [9.17, 15) is 5.11 Å². The second-order valence-corrected chi connectivity index (χ2v) is 7.02. The monoisotopic (exact) mass is 294 g/mol. The number of thiophene rings is 1. The van der Waals surface area contributed by atoms with Crippen LogP contribution in [0.15, 0.2) is 16.8 Å². The Bertz CT molecular complexity index is 389. The van der Waals surface area contributed by atoms with Crippen LogP contribution in [-0.4, -0.2) is 30.3 Å². The molecule has 0 spiro atoms. The van der Waals surface area contributed by atoms with E-state index < -0.39 is 0 Å². The average molecular weight is 294 g/mol. The van der Waals surface area contributed by atoms with Crippen molar-refractivity contribution in [2.75, 3.05) is 13.1 Å². The van der Waals surface area contributed by atoms with Gasteiger partial charge in [0.2, 0.25) is 0 Å².